The van der Waals surface area contributed by atoms with Crippen LogP contribution in [0.3, 0.4) is 0 Å². The second-order valence-corrected chi connectivity index (χ2v) is 4.87. The number of rotatable bonds is 2. The van der Waals surface area contributed by atoms with Crippen LogP contribution < -0.4 is 0 Å². The quantitative estimate of drug-likeness (QED) is 0.741. The molecule has 1 fully saturated rings. The molecule has 0 amide bonds. The Kier molecular flexibility index (Phi) is 2.38. The lowest BCUT2D eigenvalue weighted by atomic mass is 9.87. The summed E-state index contributed by atoms with van der Waals surface area (Å²) in [6, 6.07) is 1.60. The van der Waals surface area contributed by atoms with E-state index in [-0.39, 0.29) is 23.5 Å². The predicted octanol–water partition coefficient (Wildman–Crippen LogP) is 1.58. The molecule has 0 unspecified atom stereocenters. The molecular formula is C11H16N2O2. The summed E-state index contributed by atoms with van der Waals surface area (Å²) in [7, 11) is 0. The number of hydrogen-bond donors (Lipinski definition) is 0. The molecule has 15 heavy (non-hydrogen) atoms. The van der Waals surface area contributed by atoms with Gasteiger partial charge in [0.1, 0.15) is 6.04 Å². The zero-order valence-electron chi connectivity index (χ0n) is 9.30. The first-order valence-electron chi connectivity index (χ1n) is 5.17. The second-order valence-electron chi connectivity index (χ2n) is 4.87. The van der Waals surface area contributed by atoms with E-state index in [1.165, 1.54) is 0 Å². The third-order valence-corrected chi connectivity index (χ3v) is 2.40. The lowest BCUT2D eigenvalue weighted by Gasteiger charge is -2.38. The molecule has 0 spiro atoms. The smallest absolute Gasteiger partial charge is 0.162 e. The largest absolute Gasteiger partial charge is 0.369 e. The monoisotopic (exact) mass is 208 g/mol. The van der Waals surface area contributed by atoms with Gasteiger partial charge < -0.3 is 4.74 Å². The maximum atomic E-state index is 11.5. The molecule has 82 valence electrons. The van der Waals surface area contributed by atoms with Crippen molar-refractivity contribution in [1.29, 1.82) is 0 Å². The van der Waals surface area contributed by atoms with Crippen LogP contribution in [0.5, 0.6) is 0 Å². The van der Waals surface area contributed by atoms with Crippen molar-refractivity contribution in [1.82, 2.24) is 9.78 Å². The highest BCUT2D eigenvalue weighted by molar-refractivity contribution is 5.89. The summed E-state index contributed by atoms with van der Waals surface area (Å²) in [5, 5.41) is 4.08. The van der Waals surface area contributed by atoms with Crippen molar-refractivity contribution in [3.63, 3.8) is 0 Å². The summed E-state index contributed by atoms with van der Waals surface area (Å²) >= 11 is 0. The average Bonchev–Trinajstić information content (AvgIpc) is 2.53. The topological polar surface area (TPSA) is 44.1 Å². The number of Topliss-reactive ketones (excluding diaryl/α,β-unsaturated/α-hetero) is 1. The maximum absolute atomic E-state index is 11.5. The van der Waals surface area contributed by atoms with Gasteiger partial charge >= 0.3 is 0 Å². The fourth-order valence-electron chi connectivity index (χ4n) is 1.80. The Morgan fingerprint density at radius 1 is 1.53 bits per heavy atom. The number of hydrogen-bond acceptors (Lipinski definition) is 3. The predicted molar refractivity (Wildman–Crippen MR) is 55.5 cm³/mol. The van der Waals surface area contributed by atoms with Gasteiger partial charge in [0, 0.05) is 18.8 Å². The Hall–Kier alpha value is -1.16. The van der Waals surface area contributed by atoms with Gasteiger partial charge in [-0.15, -0.1) is 0 Å². The van der Waals surface area contributed by atoms with Gasteiger partial charge in [-0.05, 0) is 26.8 Å². The first kappa shape index (κ1) is 10.4. The molecule has 0 radical (unpaired) electrons. The summed E-state index contributed by atoms with van der Waals surface area (Å²) in [6.07, 6.45) is 3.96. The number of ether oxygens (including phenoxy) is 1. The second kappa shape index (κ2) is 3.45. The minimum absolute atomic E-state index is 0.0302. The van der Waals surface area contributed by atoms with Crippen LogP contribution in [-0.2, 0) is 9.53 Å². The first-order valence-corrected chi connectivity index (χ1v) is 5.17. The zero-order chi connectivity index (χ0) is 11.1. The molecule has 2 atom stereocenters. The summed E-state index contributed by atoms with van der Waals surface area (Å²) < 4.78 is 7.48. The number of carbonyl (C=O) groups is 1. The van der Waals surface area contributed by atoms with Gasteiger partial charge in [0.05, 0.1) is 11.7 Å². The van der Waals surface area contributed by atoms with Gasteiger partial charge in [0.25, 0.3) is 0 Å². The molecule has 0 aromatic carbocycles. The van der Waals surface area contributed by atoms with E-state index in [4.69, 9.17) is 4.74 Å². The van der Waals surface area contributed by atoms with Gasteiger partial charge in [0.2, 0.25) is 0 Å². The van der Waals surface area contributed by atoms with Crippen molar-refractivity contribution in [3.05, 3.63) is 18.5 Å². The maximum Gasteiger partial charge on any atom is 0.162 e. The molecule has 2 rings (SSSR count). The van der Waals surface area contributed by atoms with E-state index in [9.17, 15) is 4.79 Å². The Bertz CT molecular complexity index is 351. The standard InChI is InChI=1S/C11H16N2O2/c1-11(2,3)15-9-7-8(14)10(9)13-6-4-5-12-13/h4-6,9-10H,7H2,1-3H3/t9-,10+/m0/s1. The summed E-state index contributed by atoms with van der Waals surface area (Å²) in [6.45, 7) is 5.99. The highest BCUT2D eigenvalue weighted by Crippen LogP contribution is 2.33. The zero-order valence-corrected chi connectivity index (χ0v) is 9.30. The molecule has 1 aromatic heterocycles. The van der Waals surface area contributed by atoms with Crippen molar-refractivity contribution < 1.29 is 9.53 Å². The molecule has 4 nitrogen and oxygen atoms in total. The molecule has 1 saturated carbocycles. The Morgan fingerprint density at radius 2 is 2.27 bits per heavy atom. The summed E-state index contributed by atoms with van der Waals surface area (Å²) in [5.41, 5.74) is -0.212. The summed E-state index contributed by atoms with van der Waals surface area (Å²) in [4.78, 5) is 11.5. The van der Waals surface area contributed by atoms with Crippen LogP contribution in [-0.4, -0.2) is 27.3 Å². The van der Waals surface area contributed by atoms with Gasteiger partial charge in [-0.25, -0.2) is 0 Å². The number of ketones is 1. The minimum atomic E-state index is -0.223. The lowest BCUT2D eigenvalue weighted by molar-refractivity contribution is -0.157. The molecule has 4 heteroatoms. The Balaban J connectivity index is 2.08. The number of nitrogens with zero attached hydrogens (tertiary/aromatic N) is 2. The van der Waals surface area contributed by atoms with E-state index in [2.05, 4.69) is 5.10 Å². The highest BCUT2D eigenvalue weighted by Gasteiger charge is 2.44. The third-order valence-electron chi connectivity index (χ3n) is 2.40. The molecule has 1 aliphatic rings. The van der Waals surface area contributed by atoms with Crippen molar-refractivity contribution in [2.45, 2.75) is 44.9 Å². The van der Waals surface area contributed by atoms with Crippen LogP contribution >= 0.6 is 0 Å². The third kappa shape index (κ3) is 2.09. The minimum Gasteiger partial charge on any atom is -0.369 e. The van der Waals surface area contributed by atoms with E-state index in [1.54, 1.807) is 17.1 Å². The van der Waals surface area contributed by atoms with Crippen LogP contribution in [0.25, 0.3) is 0 Å². The van der Waals surface area contributed by atoms with Gasteiger partial charge in [-0.1, -0.05) is 0 Å². The van der Waals surface area contributed by atoms with Gasteiger partial charge in [0.15, 0.2) is 5.78 Å². The van der Waals surface area contributed by atoms with Gasteiger partial charge in [-0.2, -0.15) is 5.10 Å². The lowest BCUT2D eigenvalue weighted by Crippen LogP contribution is -2.48. The average molecular weight is 208 g/mol. The van der Waals surface area contributed by atoms with E-state index in [1.807, 2.05) is 26.8 Å². The van der Waals surface area contributed by atoms with Crippen molar-refractivity contribution >= 4 is 5.78 Å². The van der Waals surface area contributed by atoms with Crippen molar-refractivity contribution in [3.8, 4) is 0 Å². The van der Waals surface area contributed by atoms with E-state index >= 15 is 0 Å². The molecule has 0 saturated heterocycles. The van der Waals surface area contributed by atoms with Gasteiger partial charge in [-0.3, -0.25) is 9.48 Å². The van der Waals surface area contributed by atoms with Crippen LogP contribution in [0.15, 0.2) is 18.5 Å². The molecule has 1 aromatic rings. The van der Waals surface area contributed by atoms with Crippen molar-refractivity contribution in [2.75, 3.05) is 0 Å². The van der Waals surface area contributed by atoms with Crippen LogP contribution in [0, 0.1) is 0 Å². The Labute approximate surface area is 89.2 Å². The molecular weight excluding hydrogens is 192 g/mol. The van der Waals surface area contributed by atoms with Crippen LogP contribution in [0.2, 0.25) is 0 Å². The van der Waals surface area contributed by atoms with Crippen LogP contribution in [0.4, 0.5) is 0 Å². The molecule has 0 aliphatic heterocycles. The van der Waals surface area contributed by atoms with Crippen LogP contribution in [0.1, 0.15) is 33.2 Å². The van der Waals surface area contributed by atoms with E-state index in [0.29, 0.717) is 6.42 Å². The molecule has 0 bridgehead atoms. The highest BCUT2D eigenvalue weighted by atomic mass is 16.5. The fraction of sp³-hybridized carbons (Fsp3) is 0.636. The normalized spacial score (nSPS) is 26.5. The molecule has 1 aliphatic carbocycles. The Morgan fingerprint density at radius 3 is 2.73 bits per heavy atom. The number of aromatic nitrogens is 2. The molecule has 0 N–H and O–H groups in total. The SMILES string of the molecule is CC(C)(C)O[C@H]1CC(=O)[C@H]1n1cccn1. The van der Waals surface area contributed by atoms with E-state index < -0.39 is 0 Å². The molecule has 1 heterocycles. The van der Waals surface area contributed by atoms with E-state index in [0.717, 1.165) is 0 Å². The number of carbonyl (C=O) groups excluding carboxylic acids is 1. The fourth-order valence-corrected chi connectivity index (χ4v) is 1.80. The first-order chi connectivity index (χ1) is 6.97. The summed E-state index contributed by atoms with van der Waals surface area (Å²) in [5.74, 6) is 0.202. The van der Waals surface area contributed by atoms with Crippen molar-refractivity contribution in [2.24, 2.45) is 0 Å².